The molecule has 0 aromatic heterocycles. The fourth-order valence-electron chi connectivity index (χ4n) is 3.44. The van der Waals surface area contributed by atoms with Crippen molar-refractivity contribution in [3.05, 3.63) is 114 Å². The van der Waals surface area contributed by atoms with Gasteiger partial charge in [0.15, 0.2) is 5.75 Å². The first-order chi connectivity index (χ1) is 15.4. The second-order valence-corrected chi connectivity index (χ2v) is 9.53. The lowest BCUT2D eigenvalue weighted by atomic mass is 9.97. The van der Waals surface area contributed by atoms with Crippen molar-refractivity contribution in [1.29, 1.82) is 0 Å². The third kappa shape index (κ3) is 5.01. The molecule has 32 heavy (non-hydrogen) atoms. The summed E-state index contributed by atoms with van der Waals surface area (Å²) in [6.45, 7) is 2.15. The highest BCUT2D eigenvalue weighted by atomic mass is 32.2. The summed E-state index contributed by atoms with van der Waals surface area (Å²) in [6, 6.07) is 19.3. The molecule has 0 fully saturated rings. The molecule has 0 saturated carbocycles. The molecule has 0 bridgehead atoms. The van der Waals surface area contributed by atoms with Gasteiger partial charge < -0.3 is 4.74 Å². The van der Waals surface area contributed by atoms with Crippen LogP contribution in [0, 0.1) is 6.08 Å². The van der Waals surface area contributed by atoms with Gasteiger partial charge >= 0.3 is 0 Å². The highest BCUT2D eigenvalue weighted by Gasteiger charge is 2.17. The Morgan fingerprint density at radius 1 is 0.875 bits per heavy atom. The van der Waals surface area contributed by atoms with E-state index in [1.165, 1.54) is 53.1 Å². The Hall–Kier alpha value is -3.57. The summed E-state index contributed by atoms with van der Waals surface area (Å²) in [4.78, 5) is 0.232. The van der Waals surface area contributed by atoms with Crippen LogP contribution in [0.1, 0.15) is 18.9 Å². The van der Waals surface area contributed by atoms with Crippen LogP contribution in [0.4, 0.5) is 0 Å². The molecule has 2 radical (unpaired) electrons. The molecule has 0 aliphatic heterocycles. The van der Waals surface area contributed by atoms with Crippen molar-refractivity contribution >= 4 is 9.84 Å². The maximum absolute atomic E-state index is 12.7. The van der Waals surface area contributed by atoms with Crippen molar-refractivity contribution in [3.63, 3.8) is 0 Å². The summed E-state index contributed by atoms with van der Waals surface area (Å²) >= 11 is 0. The number of allylic oxidation sites excluding steroid dienone is 6. The minimum Gasteiger partial charge on any atom is -0.457 e. The Balaban J connectivity index is 1.43. The Morgan fingerprint density at radius 3 is 2.00 bits per heavy atom. The maximum atomic E-state index is 12.7. The third-order valence-electron chi connectivity index (χ3n) is 5.27. The SMILES string of the molecule is CC(Cc1ccc(Oc2ccc(S(=O)(=O)c3ccc([O])cc3)cc2)cc1)=C1C=C[C]=CC1. The van der Waals surface area contributed by atoms with Crippen LogP contribution >= 0.6 is 0 Å². The van der Waals surface area contributed by atoms with Crippen LogP contribution in [0.3, 0.4) is 0 Å². The molecule has 0 amide bonds. The molecule has 3 aromatic carbocycles. The number of hydrogen-bond donors (Lipinski definition) is 0. The van der Waals surface area contributed by atoms with Crippen LogP contribution in [0.25, 0.3) is 0 Å². The molecule has 3 aromatic rings. The fraction of sp³-hybridized carbons (Fsp3) is 0.111. The van der Waals surface area contributed by atoms with E-state index in [1.54, 1.807) is 12.1 Å². The van der Waals surface area contributed by atoms with Gasteiger partial charge in [-0.1, -0.05) is 35.9 Å². The summed E-state index contributed by atoms with van der Waals surface area (Å²) in [7, 11) is -3.68. The van der Waals surface area contributed by atoms with E-state index in [-0.39, 0.29) is 15.5 Å². The quantitative estimate of drug-likeness (QED) is 0.430. The van der Waals surface area contributed by atoms with Gasteiger partial charge in [-0.3, -0.25) is 5.11 Å². The maximum Gasteiger partial charge on any atom is 0.206 e. The van der Waals surface area contributed by atoms with E-state index in [0.29, 0.717) is 11.5 Å². The molecule has 160 valence electrons. The highest BCUT2D eigenvalue weighted by Crippen LogP contribution is 2.27. The fourth-order valence-corrected chi connectivity index (χ4v) is 4.70. The van der Waals surface area contributed by atoms with Gasteiger partial charge in [0.2, 0.25) is 9.84 Å². The Kier molecular flexibility index (Phi) is 6.28. The molecule has 0 heterocycles. The summed E-state index contributed by atoms with van der Waals surface area (Å²) < 4.78 is 31.3. The first-order valence-corrected chi connectivity index (χ1v) is 11.7. The van der Waals surface area contributed by atoms with Gasteiger partial charge in [-0.15, -0.1) is 0 Å². The summed E-state index contributed by atoms with van der Waals surface area (Å²) in [6.07, 6.45) is 11.0. The van der Waals surface area contributed by atoms with Crippen molar-refractivity contribution < 1.29 is 18.3 Å². The second kappa shape index (κ2) is 9.28. The Labute approximate surface area is 188 Å². The molecule has 4 rings (SSSR count). The molecule has 4 nitrogen and oxygen atoms in total. The molecule has 1 aliphatic rings. The number of hydrogen-bond acceptors (Lipinski definition) is 3. The van der Waals surface area contributed by atoms with Crippen LogP contribution in [0.15, 0.2) is 112 Å². The first-order valence-electron chi connectivity index (χ1n) is 10.2. The summed E-state index contributed by atoms with van der Waals surface area (Å²) in [5.74, 6) is 0.989. The lowest BCUT2D eigenvalue weighted by Crippen LogP contribution is -2.01. The van der Waals surface area contributed by atoms with E-state index >= 15 is 0 Å². The molecule has 0 spiro atoms. The molecule has 0 N–H and O–H groups in total. The van der Waals surface area contributed by atoms with Crippen LogP contribution in [0.2, 0.25) is 0 Å². The van der Waals surface area contributed by atoms with Crippen LogP contribution in [-0.4, -0.2) is 8.42 Å². The van der Waals surface area contributed by atoms with Crippen molar-refractivity contribution in [2.45, 2.75) is 29.6 Å². The normalized spacial score (nSPS) is 14.9. The van der Waals surface area contributed by atoms with Gasteiger partial charge in [-0.25, -0.2) is 8.42 Å². The summed E-state index contributed by atoms with van der Waals surface area (Å²) in [5.41, 5.74) is 3.84. The van der Waals surface area contributed by atoms with Crippen LogP contribution in [-0.2, 0) is 21.4 Å². The van der Waals surface area contributed by atoms with Crippen molar-refractivity contribution in [2.24, 2.45) is 0 Å². The predicted octanol–water partition coefficient (Wildman–Crippen LogP) is 6.63. The van der Waals surface area contributed by atoms with E-state index in [4.69, 9.17) is 4.74 Å². The first kappa shape index (κ1) is 21.7. The standard InChI is InChI=1S/C27H22O4S/c1-20(22-5-3-2-4-6-22)19-21-7-11-24(12-8-21)31-25-13-17-27(18-14-25)32(29,30)26-15-9-23(28)10-16-26/h3-5,7-18H,6,19H2,1H3. The van der Waals surface area contributed by atoms with E-state index in [9.17, 15) is 13.5 Å². The molecule has 0 atom stereocenters. The molecular weight excluding hydrogens is 420 g/mol. The Bertz CT molecular complexity index is 1280. The van der Waals surface area contributed by atoms with E-state index in [2.05, 4.69) is 19.1 Å². The van der Waals surface area contributed by atoms with Gasteiger partial charge in [0.25, 0.3) is 0 Å². The highest BCUT2D eigenvalue weighted by molar-refractivity contribution is 7.91. The van der Waals surface area contributed by atoms with Crippen molar-refractivity contribution in [1.82, 2.24) is 0 Å². The Morgan fingerprint density at radius 2 is 1.44 bits per heavy atom. The van der Waals surface area contributed by atoms with Crippen molar-refractivity contribution in [2.75, 3.05) is 0 Å². The third-order valence-corrected chi connectivity index (χ3v) is 7.05. The van der Waals surface area contributed by atoms with Gasteiger partial charge in [-0.05, 0) is 97.6 Å². The molecule has 0 saturated heterocycles. The summed E-state index contributed by atoms with van der Waals surface area (Å²) in [5, 5.41) is 11.2. The predicted molar refractivity (Wildman–Crippen MR) is 123 cm³/mol. The van der Waals surface area contributed by atoms with Crippen LogP contribution < -0.4 is 4.74 Å². The monoisotopic (exact) mass is 442 g/mol. The molecule has 5 heteroatoms. The largest absolute Gasteiger partial charge is 0.457 e. The molecular formula is C27H22O4S. The molecule has 0 unspecified atom stereocenters. The smallest absolute Gasteiger partial charge is 0.206 e. The topological polar surface area (TPSA) is 63.3 Å². The lowest BCUT2D eigenvalue weighted by Gasteiger charge is -2.11. The van der Waals surface area contributed by atoms with Gasteiger partial charge in [-0.2, -0.15) is 0 Å². The van der Waals surface area contributed by atoms with Gasteiger partial charge in [0.05, 0.1) is 9.79 Å². The number of rotatable bonds is 6. The number of ether oxygens (including phenoxy) is 1. The van der Waals surface area contributed by atoms with E-state index in [0.717, 1.165) is 12.8 Å². The van der Waals surface area contributed by atoms with Crippen LogP contribution in [0.5, 0.6) is 17.2 Å². The van der Waals surface area contributed by atoms with E-state index in [1.807, 2.05) is 36.4 Å². The zero-order valence-corrected chi connectivity index (χ0v) is 18.4. The number of sulfone groups is 1. The minimum absolute atomic E-state index is 0.0875. The number of benzene rings is 3. The zero-order chi connectivity index (χ0) is 22.6. The zero-order valence-electron chi connectivity index (χ0n) is 17.6. The van der Waals surface area contributed by atoms with Gasteiger partial charge in [0.1, 0.15) is 11.5 Å². The average molecular weight is 443 g/mol. The average Bonchev–Trinajstić information content (AvgIpc) is 2.81. The molecule has 1 aliphatic carbocycles. The second-order valence-electron chi connectivity index (χ2n) is 7.58. The van der Waals surface area contributed by atoms with Gasteiger partial charge in [0, 0.05) is 0 Å². The van der Waals surface area contributed by atoms with Crippen molar-refractivity contribution in [3.8, 4) is 17.2 Å². The van der Waals surface area contributed by atoms with E-state index < -0.39 is 9.84 Å². The lowest BCUT2D eigenvalue weighted by molar-refractivity contribution is 0.354. The minimum atomic E-state index is -3.68.